The van der Waals surface area contributed by atoms with Crippen molar-refractivity contribution in [3.05, 3.63) is 82.4 Å². The van der Waals surface area contributed by atoms with Crippen molar-refractivity contribution in [3.8, 4) is 0 Å². The van der Waals surface area contributed by atoms with Crippen molar-refractivity contribution < 1.29 is 9.47 Å². The zero-order valence-corrected chi connectivity index (χ0v) is 33.9. The number of benzene rings is 1. The lowest BCUT2D eigenvalue weighted by Crippen LogP contribution is -2.40. The SMILES string of the molecule is C=C(CN(CCCC)Cc1c(CC)cccc1CC)CN(CC(/C=C(OC)\C(=C/C)OC)CC)C(C)CCC.C=C(N)Cl.CC.CC. The van der Waals surface area contributed by atoms with E-state index in [9.17, 15) is 0 Å². The van der Waals surface area contributed by atoms with Crippen molar-refractivity contribution in [3.63, 3.8) is 0 Å². The molecule has 0 saturated carbocycles. The number of unbranched alkanes of at least 4 members (excludes halogenated alkanes) is 1. The molecule has 2 unspecified atom stereocenters. The minimum Gasteiger partial charge on any atom is -0.493 e. The normalized spacial score (nSPS) is 12.5. The molecule has 1 aromatic carbocycles. The fourth-order valence-corrected chi connectivity index (χ4v) is 5.45. The predicted octanol–water partition coefficient (Wildman–Crippen LogP) is 11.3. The lowest BCUT2D eigenvalue weighted by molar-refractivity contribution is 0.180. The molecule has 0 bridgehead atoms. The van der Waals surface area contributed by atoms with Gasteiger partial charge in [0.2, 0.25) is 0 Å². The van der Waals surface area contributed by atoms with E-state index in [1.165, 1.54) is 47.9 Å². The van der Waals surface area contributed by atoms with Gasteiger partial charge in [0.05, 0.1) is 19.4 Å². The zero-order valence-electron chi connectivity index (χ0n) is 33.1. The standard InChI is InChI=1S/C35H60N2O2.C2H4ClN.2C2H6/c1-11-17-22-36(27-33-31(14-4)20-18-21-32(33)15-5)24-28(7)25-37(29(8)19-12-2)26-30(13-3)23-35(39-10)34(16-6)38-9;1-2(3)4;2*1-2/h16,18,20-21,23,29-30H,7,11-15,17,19,22,24-27H2,1-6,8-10H3;1,4H2;2*1-2H3/b34-16+,35-23+;;;. The Morgan fingerprint density at radius 2 is 1.45 bits per heavy atom. The first-order chi connectivity index (χ1) is 22.5. The first kappa shape index (κ1) is 49.2. The predicted molar refractivity (Wildman–Crippen MR) is 212 cm³/mol. The maximum atomic E-state index is 5.71. The molecular formula is C41H76ClN3O2. The van der Waals surface area contributed by atoms with Crippen molar-refractivity contribution in [1.82, 2.24) is 9.80 Å². The summed E-state index contributed by atoms with van der Waals surface area (Å²) in [5.41, 5.74) is 10.5. The second-order valence-electron chi connectivity index (χ2n) is 11.4. The Balaban J connectivity index is -0.00000220. The molecule has 6 heteroatoms. The maximum Gasteiger partial charge on any atom is 0.156 e. The van der Waals surface area contributed by atoms with Gasteiger partial charge in [0.25, 0.3) is 0 Å². The van der Waals surface area contributed by atoms with Crippen molar-refractivity contribution in [2.24, 2.45) is 11.7 Å². The van der Waals surface area contributed by atoms with Crippen molar-refractivity contribution in [2.45, 2.75) is 134 Å². The number of hydrogen-bond acceptors (Lipinski definition) is 5. The Morgan fingerprint density at radius 3 is 1.85 bits per heavy atom. The molecule has 0 amide bonds. The highest BCUT2D eigenvalue weighted by Crippen LogP contribution is 2.22. The molecule has 2 atom stereocenters. The van der Waals surface area contributed by atoms with Crippen LogP contribution in [-0.4, -0.2) is 56.2 Å². The van der Waals surface area contributed by atoms with E-state index in [1.54, 1.807) is 14.2 Å². The molecule has 1 rings (SSSR count). The van der Waals surface area contributed by atoms with E-state index in [-0.39, 0.29) is 5.16 Å². The Bertz CT molecular complexity index is 963. The Morgan fingerprint density at radius 1 is 0.915 bits per heavy atom. The van der Waals surface area contributed by atoms with E-state index in [4.69, 9.17) is 21.1 Å². The molecule has 0 aliphatic heterocycles. The molecule has 5 nitrogen and oxygen atoms in total. The molecule has 0 saturated heterocycles. The van der Waals surface area contributed by atoms with Gasteiger partial charge >= 0.3 is 0 Å². The summed E-state index contributed by atoms with van der Waals surface area (Å²) in [5.74, 6) is 1.98. The molecule has 0 heterocycles. The minimum atomic E-state index is 0.139. The number of ether oxygens (including phenoxy) is 2. The second kappa shape index (κ2) is 32.3. The summed E-state index contributed by atoms with van der Waals surface area (Å²) in [6, 6.07) is 7.35. The van der Waals surface area contributed by atoms with Crippen LogP contribution in [0, 0.1) is 5.92 Å². The van der Waals surface area contributed by atoms with Gasteiger partial charge in [-0.3, -0.25) is 9.80 Å². The highest BCUT2D eigenvalue weighted by molar-refractivity contribution is 6.28. The van der Waals surface area contributed by atoms with E-state index >= 15 is 0 Å². The first-order valence-corrected chi connectivity index (χ1v) is 18.7. The number of allylic oxidation sites excluding steroid dienone is 1. The number of methoxy groups -OCH3 is 2. The average Bonchev–Trinajstić information content (AvgIpc) is 3.07. The van der Waals surface area contributed by atoms with E-state index < -0.39 is 0 Å². The van der Waals surface area contributed by atoms with Crippen LogP contribution < -0.4 is 5.73 Å². The van der Waals surface area contributed by atoms with Gasteiger partial charge in [0.1, 0.15) is 0 Å². The van der Waals surface area contributed by atoms with Gasteiger partial charge in [-0.15, -0.1) is 0 Å². The molecule has 0 spiro atoms. The smallest absolute Gasteiger partial charge is 0.156 e. The van der Waals surface area contributed by atoms with Gasteiger partial charge in [-0.1, -0.05) is 118 Å². The third-order valence-electron chi connectivity index (χ3n) is 7.87. The molecule has 0 fully saturated rings. The molecule has 0 radical (unpaired) electrons. The van der Waals surface area contributed by atoms with Crippen LogP contribution in [0.4, 0.5) is 0 Å². The van der Waals surface area contributed by atoms with Gasteiger partial charge in [-0.2, -0.15) is 0 Å². The van der Waals surface area contributed by atoms with Crippen molar-refractivity contribution in [1.29, 1.82) is 0 Å². The quantitative estimate of drug-likeness (QED) is 0.0607. The van der Waals surface area contributed by atoms with Crippen LogP contribution >= 0.6 is 11.6 Å². The average molecular weight is 679 g/mol. The highest BCUT2D eigenvalue weighted by Gasteiger charge is 2.21. The third-order valence-corrected chi connectivity index (χ3v) is 7.87. The maximum absolute atomic E-state index is 5.71. The van der Waals surface area contributed by atoms with Gasteiger partial charge < -0.3 is 15.2 Å². The van der Waals surface area contributed by atoms with Crippen LogP contribution in [0.1, 0.15) is 125 Å². The Labute approximate surface area is 298 Å². The summed E-state index contributed by atoms with van der Waals surface area (Å²) in [4.78, 5) is 5.28. The monoisotopic (exact) mass is 678 g/mol. The fraction of sp³-hybridized carbons (Fsp3) is 0.659. The van der Waals surface area contributed by atoms with E-state index in [0.717, 1.165) is 63.5 Å². The first-order valence-electron chi connectivity index (χ1n) is 18.3. The van der Waals surface area contributed by atoms with Gasteiger partial charge in [0.15, 0.2) is 11.5 Å². The number of nitrogens with two attached hydrogens (primary N) is 1. The van der Waals surface area contributed by atoms with Gasteiger partial charge in [-0.25, -0.2) is 0 Å². The van der Waals surface area contributed by atoms with Crippen molar-refractivity contribution >= 4 is 11.6 Å². The molecule has 0 aliphatic rings. The van der Waals surface area contributed by atoms with Crippen LogP contribution in [0.2, 0.25) is 0 Å². The summed E-state index contributed by atoms with van der Waals surface area (Å²) in [6.45, 7) is 36.4. The molecule has 1 aromatic rings. The molecule has 274 valence electrons. The summed E-state index contributed by atoms with van der Waals surface area (Å²) in [5, 5.41) is 0.139. The minimum absolute atomic E-state index is 0.139. The van der Waals surface area contributed by atoms with Crippen LogP contribution in [0.3, 0.4) is 0 Å². The van der Waals surface area contributed by atoms with Crippen molar-refractivity contribution in [2.75, 3.05) is 40.4 Å². The van der Waals surface area contributed by atoms with Gasteiger partial charge in [-0.05, 0) is 92.8 Å². The lowest BCUT2D eigenvalue weighted by Gasteiger charge is -2.34. The second-order valence-corrected chi connectivity index (χ2v) is 11.8. The topological polar surface area (TPSA) is 51.0 Å². The summed E-state index contributed by atoms with van der Waals surface area (Å²) >= 11 is 4.86. The summed E-state index contributed by atoms with van der Waals surface area (Å²) < 4.78 is 11.3. The molecule has 2 N–H and O–H groups in total. The molecular weight excluding hydrogens is 602 g/mol. The highest BCUT2D eigenvalue weighted by atomic mass is 35.5. The number of nitrogens with zero attached hydrogens (tertiary/aromatic N) is 2. The Hall–Kier alpha value is -2.21. The van der Waals surface area contributed by atoms with E-state index in [1.807, 2.05) is 40.7 Å². The van der Waals surface area contributed by atoms with Crippen LogP contribution in [0.25, 0.3) is 0 Å². The largest absolute Gasteiger partial charge is 0.493 e. The number of halogens is 1. The molecule has 0 aliphatic carbocycles. The zero-order chi connectivity index (χ0) is 36.8. The number of hydrogen-bond donors (Lipinski definition) is 1. The van der Waals surface area contributed by atoms with Crippen LogP contribution in [-0.2, 0) is 28.9 Å². The van der Waals surface area contributed by atoms with Gasteiger partial charge in [0, 0.05) is 32.2 Å². The number of aryl methyl sites for hydroxylation is 2. The Kier molecular flexibility index (Phi) is 33.8. The molecule has 0 aromatic heterocycles. The fourth-order valence-electron chi connectivity index (χ4n) is 5.45. The van der Waals surface area contributed by atoms with Crippen LogP contribution in [0.5, 0.6) is 0 Å². The number of rotatable bonds is 21. The summed E-state index contributed by atoms with van der Waals surface area (Å²) in [7, 11) is 3.43. The van der Waals surface area contributed by atoms with Crippen LogP contribution in [0.15, 0.2) is 65.8 Å². The van der Waals surface area contributed by atoms with E-state index in [0.29, 0.717) is 12.0 Å². The summed E-state index contributed by atoms with van der Waals surface area (Å²) in [6.07, 6.45) is 12.2. The lowest BCUT2D eigenvalue weighted by atomic mass is 9.96. The molecule has 47 heavy (non-hydrogen) atoms. The third kappa shape index (κ3) is 22.1. The van der Waals surface area contributed by atoms with E-state index in [2.05, 4.69) is 94.5 Å².